The first kappa shape index (κ1) is 20.2. The van der Waals surface area contributed by atoms with Crippen LogP contribution in [-0.2, 0) is 17.6 Å². The van der Waals surface area contributed by atoms with Crippen LogP contribution < -0.4 is 18.9 Å². The Labute approximate surface area is 176 Å². The fourth-order valence-electron chi connectivity index (χ4n) is 4.91. The predicted molar refractivity (Wildman–Crippen MR) is 112 cm³/mol. The molecule has 7 nitrogen and oxygen atoms in total. The largest absolute Gasteiger partial charge is 0.504 e. The average Bonchev–Trinajstić information content (AvgIpc) is 2.92. The Bertz CT molecular complexity index is 1020. The third kappa shape index (κ3) is 2.83. The van der Waals surface area contributed by atoms with Gasteiger partial charge in [0.25, 0.3) is 0 Å². The summed E-state index contributed by atoms with van der Waals surface area (Å²) in [7, 11) is 6.26. The molecular weight excluding hydrogens is 386 g/mol. The Morgan fingerprint density at radius 3 is 2.20 bits per heavy atom. The Morgan fingerprint density at radius 2 is 1.60 bits per heavy atom. The molecule has 160 valence electrons. The van der Waals surface area contributed by atoms with E-state index in [9.17, 15) is 9.90 Å². The second-order valence-electron chi connectivity index (χ2n) is 7.57. The van der Waals surface area contributed by atoms with E-state index in [1.807, 2.05) is 17.0 Å². The maximum atomic E-state index is 12.4. The fraction of sp³-hybridized carbons (Fsp3) is 0.435. The lowest BCUT2D eigenvalue weighted by Crippen LogP contribution is -2.39. The molecule has 2 aromatic carbocycles. The van der Waals surface area contributed by atoms with Gasteiger partial charge < -0.3 is 29.0 Å². The molecule has 0 bridgehead atoms. The molecule has 7 heteroatoms. The van der Waals surface area contributed by atoms with E-state index in [-0.39, 0.29) is 17.7 Å². The monoisotopic (exact) mass is 413 g/mol. The molecule has 1 amide bonds. The van der Waals surface area contributed by atoms with Crippen molar-refractivity contribution in [3.8, 4) is 39.9 Å². The lowest BCUT2D eigenvalue weighted by Gasteiger charge is -2.37. The fourth-order valence-corrected chi connectivity index (χ4v) is 4.91. The minimum absolute atomic E-state index is 0.0278. The summed E-state index contributed by atoms with van der Waals surface area (Å²) in [6.07, 6.45) is 2.12. The second-order valence-corrected chi connectivity index (χ2v) is 7.57. The summed E-state index contributed by atoms with van der Waals surface area (Å²) in [5.41, 5.74) is 4.40. The molecule has 0 saturated carbocycles. The Hall–Kier alpha value is -3.09. The van der Waals surface area contributed by atoms with Gasteiger partial charge in [0.2, 0.25) is 11.7 Å². The zero-order valence-electron chi connectivity index (χ0n) is 18.0. The number of amides is 1. The number of ether oxygens (including phenoxy) is 4. The van der Waals surface area contributed by atoms with E-state index >= 15 is 0 Å². The van der Waals surface area contributed by atoms with Crippen molar-refractivity contribution in [2.75, 3.05) is 35.0 Å². The van der Waals surface area contributed by atoms with E-state index in [1.54, 1.807) is 35.4 Å². The number of rotatable bonds is 4. The molecule has 1 atom stereocenters. The van der Waals surface area contributed by atoms with E-state index in [2.05, 4.69) is 0 Å². The number of aryl methyl sites for hydroxylation is 1. The van der Waals surface area contributed by atoms with Crippen LogP contribution in [0.15, 0.2) is 12.1 Å². The van der Waals surface area contributed by atoms with Crippen LogP contribution in [0.1, 0.15) is 36.1 Å². The number of phenols is 1. The molecule has 1 heterocycles. The van der Waals surface area contributed by atoms with Crippen LogP contribution in [0, 0.1) is 0 Å². The third-order valence-electron chi connectivity index (χ3n) is 6.20. The number of aromatic hydroxyl groups is 1. The van der Waals surface area contributed by atoms with Crippen LogP contribution in [0.25, 0.3) is 11.1 Å². The number of methoxy groups -OCH3 is 4. The lowest BCUT2D eigenvalue weighted by molar-refractivity contribution is -0.131. The van der Waals surface area contributed by atoms with Gasteiger partial charge in [-0.15, -0.1) is 0 Å². The molecule has 0 radical (unpaired) electrons. The van der Waals surface area contributed by atoms with Gasteiger partial charge in [-0.3, -0.25) is 4.79 Å². The molecule has 4 rings (SSSR count). The summed E-state index contributed by atoms with van der Waals surface area (Å²) in [5, 5.41) is 11.2. The van der Waals surface area contributed by atoms with Gasteiger partial charge in [0, 0.05) is 24.6 Å². The molecule has 0 fully saturated rings. The zero-order valence-corrected chi connectivity index (χ0v) is 18.0. The number of phenolic OH excluding ortho intramolecular Hbond substituents is 1. The van der Waals surface area contributed by atoms with Crippen LogP contribution in [-0.4, -0.2) is 50.9 Å². The normalized spacial score (nSPS) is 16.8. The molecular formula is C23H27NO6. The quantitative estimate of drug-likeness (QED) is 0.827. The topological polar surface area (TPSA) is 77.5 Å². The minimum Gasteiger partial charge on any atom is -0.504 e. The molecule has 0 aromatic heterocycles. The maximum Gasteiger partial charge on any atom is 0.219 e. The summed E-state index contributed by atoms with van der Waals surface area (Å²) in [6, 6.07) is 3.68. The molecule has 0 unspecified atom stereocenters. The van der Waals surface area contributed by atoms with Crippen molar-refractivity contribution in [1.82, 2.24) is 4.90 Å². The van der Waals surface area contributed by atoms with E-state index in [0.717, 1.165) is 28.7 Å². The van der Waals surface area contributed by atoms with E-state index in [1.165, 1.54) is 0 Å². The lowest BCUT2D eigenvalue weighted by atomic mass is 9.85. The molecule has 1 aliphatic carbocycles. The number of carbonyl (C=O) groups is 1. The molecule has 2 aromatic rings. The van der Waals surface area contributed by atoms with E-state index in [4.69, 9.17) is 18.9 Å². The van der Waals surface area contributed by atoms with Gasteiger partial charge in [-0.1, -0.05) is 0 Å². The second kappa shape index (κ2) is 7.63. The molecule has 0 spiro atoms. The van der Waals surface area contributed by atoms with E-state index < -0.39 is 0 Å². The van der Waals surface area contributed by atoms with Crippen LogP contribution >= 0.6 is 0 Å². The standard InChI is InChI=1S/C23H27NO6/c1-12(25)24-9-8-14-10-16(27-2)21(26)20-18(14)15(24)7-6-13-11-17(28-3)22(29-4)23(30-5)19(13)20/h10-11,15,26H,6-9H2,1-5H3/t15-/m0/s1. The van der Waals surface area contributed by atoms with Crippen LogP contribution in [0.5, 0.6) is 28.7 Å². The number of hydrogen-bond donors (Lipinski definition) is 1. The Morgan fingerprint density at radius 1 is 0.933 bits per heavy atom. The maximum absolute atomic E-state index is 12.4. The van der Waals surface area contributed by atoms with Gasteiger partial charge in [0.05, 0.1) is 34.5 Å². The highest BCUT2D eigenvalue weighted by Crippen LogP contribution is 2.56. The van der Waals surface area contributed by atoms with Crippen molar-refractivity contribution in [2.45, 2.75) is 32.2 Å². The first-order valence-electron chi connectivity index (χ1n) is 9.98. The van der Waals surface area contributed by atoms with Crippen molar-refractivity contribution in [1.29, 1.82) is 0 Å². The van der Waals surface area contributed by atoms with Gasteiger partial charge in [0.15, 0.2) is 23.0 Å². The highest BCUT2D eigenvalue weighted by Gasteiger charge is 2.38. The third-order valence-corrected chi connectivity index (χ3v) is 6.20. The highest BCUT2D eigenvalue weighted by atomic mass is 16.5. The van der Waals surface area contributed by atoms with E-state index in [0.29, 0.717) is 47.9 Å². The number of fused-ring (bicyclic) bond motifs is 2. The number of benzene rings is 2. The summed E-state index contributed by atoms with van der Waals surface area (Å²) in [5.74, 6) is 2.00. The average molecular weight is 413 g/mol. The van der Waals surface area contributed by atoms with Gasteiger partial charge in [-0.25, -0.2) is 0 Å². The zero-order chi connectivity index (χ0) is 21.6. The van der Waals surface area contributed by atoms with Gasteiger partial charge in [-0.05, 0) is 48.1 Å². The van der Waals surface area contributed by atoms with Crippen LogP contribution in [0.3, 0.4) is 0 Å². The molecule has 2 aliphatic rings. The summed E-state index contributed by atoms with van der Waals surface area (Å²) in [6.45, 7) is 2.24. The molecule has 1 N–H and O–H groups in total. The molecule has 1 aliphatic heterocycles. The molecule has 0 saturated heterocycles. The van der Waals surface area contributed by atoms with Gasteiger partial charge >= 0.3 is 0 Å². The highest BCUT2D eigenvalue weighted by molar-refractivity contribution is 5.89. The number of hydrogen-bond acceptors (Lipinski definition) is 6. The first-order valence-corrected chi connectivity index (χ1v) is 9.98. The van der Waals surface area contributed by atoms with Crippen molar-refractivity contribution >= 4 is 5.91 Å². The van der Waals surface area contributed by atoms with Gasteiger partial charge in [0.1, 0.15) is 0 Å². The summed E-state index contributed by atoms with van der Waals surface area (Å²) < 4.78 is 22.4. The SMILES string of the molecule is COc1cc2c3c(c1O)-c1c(cc(OC)c(OC)c1OC)CC[C@@H]3N(C(C)=O)CC2. The predicted octanol–water partition coefficient (Wildman–Crippen LogP) is 3.49. The Balaban J connectivity index is 2.12. The number of carbonyl (C=O) groups excluding carboxylic acids is 1. The van der Waals surface area contributed by atoms with Crippen molar-refractivity contribution < 1.29 is 28.8 Å². The van der Waals surface area contributed by atoms with Gasteiger partial charge in [-0.2, -0.15) is 0 Å². The van der Waals surface area contributed by atoms with Crippen LogP contribution in [0.2, 0.25) is 0 Å². The summed E-state index contributed by atoms with van der Waals surface area (Å²) >= 11 is 0. The van der Waals surface area contributed by atoms with Crippen molar-refractivity contribution in [2.24, 2.45) is 0 Å². The van der Waals surface area contributed by atoms with Crippen molar-refractivity contribution in [3.05, 3.63) is 28.8 Å². The minimum atomic E-state index is -0.132. The smallest absolute Gasteiger partial charge is 0.219 e. The summed E-state index contributed by atoms with van der Waals surface area (Å²) in [4.78, 5) is 14.3. The van der Waals surface area contributed by atoms with Crippen LogP contribution in [0.4, 0.5) is 0 Å². The van der Waals surface area contributed by atoms with Crippen molar-refractivity contribution in [3.63, 3.8) is 0 Å². The molecule has 30 heavy (non-hydrogen) atoms. The number of nitrogens with zero attached hydrogens (tertiary/aromatic N) is 1. The first-order chi connectivity index (χ1) is 14.5. The Kier molecular flexibility index (Phi) is 5.13.